The lowest BCUT2D eigenvalue weighted by atomic mass is 10.1. The number of aromatic nitrogens is 1. The summed E-state index contributed by atoms with van der Waals surface area (Å²) in [5.41, 5.74) is 8.20. The van der Waals surface area contributed by atoms with Gasteiger partial charge in [0.1, 0.15) is 5.01 Å². The van der Waals surface area contributed by atoms with Gasteiger partial charge in [-0.2, -0.15) is 0 Å². The number of thiazole rings is 1. The van der Waals surface area contributed by atoms with Gasteiger partial charge in [-0.15, -0.1) is 23.1 Å². The van der Waals surface area contributed by atoms with Crippen molar-refractivity contribution in [2.24, 2.45) is 5.73 Å². The van der Waals surface area contributed by atoms with Gasteiger partial charge in [0.2, 0.25) is 0 Å². The fourth-order valence-electron chi connectivity index (χ4n) is 2.01. The molecule has 0 spiro atoms. The number of fused-ring (bicyclic) bond motifs is 1. The third-order valence-corrected chi connectivity index (χ3v) is 5.31. The normalized spacial score (nSPS) is 12.7. The monoisotopic (exact) mass is 300 g/mol. The molecule has 0 radical (unpaired) electrons. The zero-order chi connectivity index (χ0) is 13.9. The van der Waals surface area contributed by atoms with Crippen molar-refractivity contribution in [2.75, 3.05) is 0 Å². The van der Waals surface area contributed by atoms with Crippen LogP contribution in [0, 0.1) is 0 Å². The molecule has 0 saturated carbocycles. The van der Waals surface area contributed by atoms with E-state index in [2.05, 4.69) is 47.4 Å². The molecule has 0 bridgehead atoms. The van der Waals surface area contributed by atoms with Crippen molar-refractivity contribution in [2.45, 2.75) is 23.6 Å². The summed E-state index contributed by atoms with van der Waals surface area (Å²) in [5, 5.41) is 1.17. The van der Waals surface area contributed by atoms with Crippen molar-refractivity contribution in [1.29, 1.82) is 0 Å². The van der Waals surface area contributed by atoms with Crippen LogP contribution in [0.5, 0.6) is 0 Å². The Hall–Kier alpha value is -1.36. The Balaban J connectivity index is 1.74. The molecule has 0 saturated heterocycles. The second-order valence-electron chi connectivity index (χ2n) is 4.73. The summed E-state index contributed by atoms with van der Waals surface area (Å²) >= 11 is 3.58. The molecule has 2 aromatic carbocycles. The van der Waals surface area contributed by atoms with E-state index in [1.165, 1.54) is 20.2 Å². The Labute approximate surface area is 127 Å². The summed E-state index contributed by atoms with van der Waals surface area (Å²) < 4.78 is 1.26. The first-order valence-corrected chi connectivity index (χ1v) is 8.35. The van der Waals surface area contributed by atoms with Crippen molar-refractivity contribution in [3.8, 4) is 0 Å². The molecule has 0 aliphatic rings. The Morgan fingerprint density at radius 3 is 2.85 bits per heavy atom. The Kier molecular flexibility index (Phi) is 4.05. The lowest BCUT2D eigenvalue weighted by molar-refractivity contribution is 0.815. The topological polar surface area (TPSA) is 38.9 Å². The Bertz CT molecular complexity index is 686. The molecular formula is C16H16N2S2. The van der Waals surface area contributed by atoms with Gasteiger partial charge in [-0.05, 0) is 36.8 Å². The van der Waals surface area contributed by atoms with E-state index in [-0.39, 0.29) is 6.04 Å². The van der Waals surface area contributed by atoms with Gasteiger partial charge in [-0.25, -0.2) is 4.98 Å². The van der Waals surface area contributed by atoms with E-state index >= 15 is 0 Å². The van der Waals surface area contributed by atoms with Crippen LogP contribution < -0.4 is 5.73 Å². The summed E-state index contributed by atoms with van der Waals surface area (Å²) in [7, 11) is 0. The van der Waals surface area contributed by atoms with Crippen molar-refractivity contribution in [3.63, 3.8) is 0 Å². The number of rotatable bonds is 4. The highest BCUT2D eigenvalue weighted by atomic mass is 32.2. The highest BCUT2D eigenvalue weighted by Crippen LogP contribution is 2.29. The molecule has 3 rings (SSSR count). The van der Waals surface area contributed by atoms with E-state index < -0.39 is 0 Å². The first kappa shape index (κ1) is 13.6. The molecule has 1 aromatic heterocycles. The van der Waals surface area contributed by atoms with Crippen LogP contribution in [0.4, 0.5) is 0 Å². The summed E-state index contributed by atoms with van der Waals surface area (Å²) in [6, 6.07) is 16.8. The van der Waals surface area contributed by atoms with Crippen LogP contribution in [-0.4, -0.2) is 4.98 Å². The molecule has 20 heavy (non-hydrogen) atoms. The average molecular weight is 300 g/mol. The largest absolute Gasteiger partial charge is 0.324 e. The maximum Gasteiger partial charge on any atom is 0.104 e. The molecular weight excluding hydrogens is 284 g/mol. The standard InChI is InChI=1S/C16H16N2S2/c1-11(17)12-5-4-6-13(9-12)19-10-16-18-14-7-2-3-8-15(14)20-16/h2-9,11H,10,17H2,1H3. The number of thioether (sulfide) groups is 1. The van der Waals surface area contributed by atoms with Gasteiger partial charge in [-0.3, -0.25) is 0 Å². The minimum absolute atomic E-state index is 0.0815. The molecule has 1 heterocycles. The molecule has 2 nitrogen and oxygen atoms in total. The van der Waals surface area contributed by atoms with E-state index in [1.54, 1.807) is 11.3 Å². The highest BCUT2D eigenvalue weighted by molar-refractivity contribution is 7.98. The van der Waals surface area contributed by atoms with Gasteiger partial charge in [-0.1, -0.05) is 24.3 Å². The maximum absolute atomic E-state index is 5.92. The summed E-state index contributed by atoms with van der Waals surface area (Å²) in [5.74, 6) is 0.905. The van der Waals surface area contributed by atoms with Crippen LogP contribution >= 0.6 is 23.1 Å². The number of nitrogens with two attached hydrogens (primary N) is 1. The molecule has 1 atom stereocenters. The van der Waals surface area contributed by atoms with Crippen molar-refractivity contribution in [3.05, 3.63) is 59.1 Å². The summed E-state index contributed by atoms with van der Waals surface area (Å²) in [4.78, 5) is 5.91. The van der Waals surface area contributed by atoms with Gasteiger partial charge in [0.15, 0.2) is 0 Å². The molecule has 0 fully saturated rings. The first-order valence-electron chi connectivity index (χ1n) is 6.55. The van der Waals surface area contributed by atoms with Gasteiger partial charge in [0.05, 0.1) is 16.0 Å². The minimum Gasteiger partial charge on any atom is -0.324 e. The Morgan fingerprint density at radius 1 is 1.20 bits per heavy atom. The van der Waals surface area contributed by atoms with Crippen LogP contribution in [0.15, 0.2) is 53.4 Å². The molecule has 0 aliphatic heterocycles. The van der Waals surface area contributed by atoms with Crippen LogP contribution in [0.3, 0.4) is 0 Å². The van der Waals surface area contributed by atoms with E-state index in [0.29, 0.717) is 0 Å². The lowest BCUT2D eigenvalue weighted by Gasteiger charge is -2.07. The quantitative estimate of drug-likeness (QED) is 0.715. The SMILES string of the molecule is CC(N)c1cccc(SCc2nc3ccccc3s2)c1. The van der Waals surface area contributed by atoms with E-state index in [4.69, 9.17) is 5.73 Å². The van der Waals surface area contributed by atoms with Crippen LogP contribution in [-0.2, 0) is 5.75 Å². The van der Waals surface area contributed by atoms with Crippen LogP contribution in [0.1, 0.15) is 23.5 Å². The fraction of sp³-hybridized carbons (Fsp3) is 0.188. The lowest BCUT2D eigenvalue weighted by Crippen LogP contribution is -2.04. The second kappa shape index (κ2) is 5.95. The van der Waals surface area contributed by atoms with Crippen molar-refractivity contribution < 1.29 is 0 Å². The molecule has 3 aromatic rings. The van der Waals surface area contributed by atoms with E-state index in [0.717, 1.165) is 11.3 Å². The second-order valence-corrected chi connectivity index (χ2v) is 6.89. The predicted octanol–water partition coefficient (Wildman–Crippen LogP) is 4.61. The number of hydrogen-bond donors (Lipinski definition) is 1. The Morgan fingerprint density at radius 2 is 2.05 bits per heavy atom. The fourth-order valence-corrected chi connectivity index (χ4v) is 3.94. The van der Waals surface area contributed by atoms with E-state index in [9.17, 15) is 0 Å². The maximum atomic E-state index is 5.92. The molecule has 0 amide bonds. The van der Waals surface area contributed by atoms with Crippen LogP contribution in [0.2, 0.25) is 0 Å². The zero-order valence-electron chi connectivity index (χ0n) is 11.2. The smallest absolute Gasteiger partial charge is 0.104 e. The number of benzene rings is 2. The number of para-hydroxylation sites is 1. The van der Waals surface area contributed by atoms with Gasteiger partial charge in [0.25, 0.3) is 0 Å². The summed E-state index contributed by atoms with van der Waals surface area (Å²) in [6.07, 6.45) is 0. The molecule has 2 N–H and O–H groups in total. The predicted molar refractivity (Wildman–Crippen MR) is 88.2 cm³/mol. The van der Waals surface area contributed by atoms with Gasteiger partial charge < -0.3 is 5.73 Å². The third-order valence-electron chi connectivity index (χ3n) is 3.08. The molecule has 102 valence electrons. The number of nitrogens with zero attached hydrogens (tertiary/aromatic N) is 1. The van der Waals surface area contributed by atoms with Gasteiger partial charge in [0, 0.05) is 10.9 Å². The first-order chi connectivity index (χ1) is 9.72. The van der Waals surface area contributed by atoms with Crippen LogP contribution in [0.25, 0.3) is 10.2 Å². The highest BCUT2D eigenvalue weighted by Gasteiger charge is 2.05. The zero-order valence-corrected chi connectivity index (χ0v) is 12.9. The molecule has 1 unspecified atom stereocenters. The summed E-state index contributed by atoms with van der Waals surface area (Å²) in [6.45, 7) is 2.01. The number of hydrogen-bond acceptors (Lipinski definition) is 4. The minimum atomic E-state index is 0.0815. The van der Waals surface area contributed by atoms with Crippen molar-refractivity contribution >= 4 is 33.3 Å². The van der Waals surface area contributed by atoms with E-state index in [1.807, 2.05) is 24.8 Å². The third kappa shape index (κ3) is 3.03. The molecule has 4 heteroatoms. The average Bonchev–Trinajstić information content (AvgIpc) is 2.88. The van der Waals surface area contributed by atoms with Crippen molar-refractivity contribution in [1.82, 2.24) is 4.98 Å². The van der Waals surface area contributed by atoms with Gasteiger partial charge >= 0.3 is 0 Å². The molecule has 0 aliphatic carbocycles.